The maximum absolute atomic E-state index is 0. The van der Waals surface area contributed by atoms with Crippen LogP contribution in [0.4, 0.5) is 0 Å². The van der Waals surface area contributed by atoms with E-state index in [2.05, 4.69) is 0 Å². The fourth-order valence-electron chi connectivity index (χ4n) is 0. The van der Waals surface area contributed by atoms with Crippen LogP contribution in [-0.4, -0.2) is 25.8 Å². The Morgan fingerprint density at radius 1 is 1.00 bits per heavy atom. The molecule has 0 bridgehead atoms. The van der Waals surface area contributed by atoms with Gasteiger partial charge in [0.05, 0.1) is 0 Å². The summed E-state index contributed by atoms with van der Waals surface area (Å²) in [5.74, 6) is 0. The predicted octanol–water partition coefficient (Wildman–Crippen LogP) is -1.57. The van der Waals surface area contributed by atoms with Gasteiger partial charge >= 0.3 is 0 Å². The Morgan fingerprint density at radius 2 is 1.00 bits per heavy atom. The molecule has 0 aliphatic heterocycles. The summed E-state index contributed by atoms with van der Waals surface area (Å²) in [6.45, 7) is 0. The summed E-state index contributed by atoms with van der Waals surface area (Å²) < 4.78 is 0. The monoisotopic (exact) mass is 273 g/mol. The molecule has 0 fully saturated rings. The molecule has 0 aliphatic rings. The molecular weight excluding hydrogens is 270 g/mol. The van der Waals surface area contributed by atoms with E-state index in [1.807, 2.05) is 0 Å². The van der Waals surface area contributed by atoms with Gasteiger partial charge in [0.2, 0.25) is 0 Å². The second-order valence-corrected chi connectivity index (χ2v) is 0. The van der Waals surface area contributed by atoms with E-state index in [0.717, 1.165) is 0 Å². The normalized spacial score (nSPS) is 0. The zero-order chi connectivity index (χ0) is 0. The molecule has 0 aliphatic carbocycles. The second kappa shape index (κ2) is 17.7. The van der Waals surface area contributed by atoms with Crippen LogP contribution in [0.2, 0.25) is 0 Å². The molecule has 0 amide bonds. The first-order chi connectivity index (χ1) is 0. The molecule has 0 saturated carbocycles. The third-order valence-electron chi connectivity index (χ3n) is 0. The van der Waals surface area contributed by atoms with Crippen molar-refractivity contribution in [1.29, 1.82) is 0 Å². The van der Waals surface area contributed by atoms with Crippen LogP contribution < -0.4 is 0 Å². The second-order valence-electron chi connectivity index (χ2n) is 0. The Labute approximate surface area is 82.3 Å². The van der Waals surface area contributed by atoms with Crippen molar-refractivity contribution < 1.29 is 58.0 Å². The first kappa shape index (κ1) is 31.2. The van der Waals surface area contributed by atoms with Crippen LogP contribution in [0.5, 0.6) is 0 Å². The molecule has 0 aromatic heterocycles. The molecule has 0 unspecified atom stereocenters. The quantitative estimate of drug-likeness (QED) is 0.468. The molecule has 0 heterocycles. The molecule has 0 spiro atoms. The van der Waals surface area contributed by atoms with Crippen molar-refractivity contribution in [3.8, 4) is 0 Å². The van der Waals surface area contributed by atoms with Gasteiger partial charge in [-0.3, -0.25) is 0 Å². The van der Waals surface area contributed by atoms with Gasteiger partial charge in [-0.05, 0) is 0 Å². The Bertz CT molecular complexity index is 8.00. The fourth-order valence-corrected chi connectivity index (χ4v) is 0. The van der Waals surface area contributed by atoms with E-state index in [0.29, 0.717) is 0 Å². The summed E-state index contributed by atoms with van der Waals surface area (Å²) in [4.78, 5) is 0. The van der Waals surface area contributed by atoms with Crippen molar-refractivity contribution in [2.24, 2.45) is 0 Å². The zero-order valence-corrected chi connectivity index (χ0v) is 7.43. The van der Waals surface area contributed by atoms with Gasteiger partial charge in [-0.2, -0.15) is 0 Å². The van der Waals surface area contributed by atoms with E-state index in [-0.39, 0.29) is 83.8 Å². The predicted molar refractivity (Wildman–Crippen MR) is 15.7 cm³/mol. The zero-order valence-electron chi connectivity index (χ0n) is 1.60. The van der Waals surface area contributed by atoms with Crippen molar-refractivity contribution in [3.63, 3.8) is 0 Å². The first-order valence-corrected chi connectivity index (χ1v) is 0. The minimum atomic E-state index is 0. The summed E-state index contributed by atoms with van der Waals surface area (Å²) in [6, 6.07) is 0. The molecule has 0 aromatic rings. The summed E-state index contributed by atoms with van der Waals surface area (Å²) in [5, 5.41) is 0. The van der Waals surface area contributed by atoms with E-state index in [1.165, 1.54) is 0 Å². The SMILES string of the molecule is [AlH3].[B].[La].[Nb]. The smallest absolute Gasteiger partial charge is 0 e. The molecular formula is H3AlBLaNb. The average Bonchev–Trinajstić information content (AvgIpc) is 0. The van der Waals surface area contributed by atoms with Crippen molar-refractivity contribution in [2.45, 2.75) is 0 Å². The Balaban J connectivity index is 0. The standard InChI is InChI=1S/Al.B.La.Nb.3H. The largest absolute Gasteiger partial charge is 0.187 e. The molecule has 0 rings (SSSR count). The molecule has 0 N–H and O–H groups in total. The maximum atomic E-state index is 0. The van der Waals surface area contributed by atoms with Gasteiger partial charge in [0.15, 0.2) is 17.4 Å². The minimum absolute atomic E-state index is 0. The summed E-state index contributed by atoms with van der Waals surface area (Å²) in [7, 11) is 0. The summed E-state index contributed by atoms with van der Waals surface area (Å²) >= 11 is 0. The number of hydrogen-bond donors (Lipinski definition) is 0. The van der Waals surface area contributed by atoms with Crippen LogP contribution in [0.3, 0.4) is 0 Å². The number of hydrogen-bond acceptors (Lipinski definition) is 0. The maximum Gasteiger partial charge on any atom is 0.187 e. The summed E-state index contributed by atoms with van der Waals surface area (Å²) in [5.41, 5.74) is 0. The third kappa shape index (κ3) is 8.82. The molecule has 0 aromatic carbocycles. The molecule has 17 valence electrons. The molecule has 0 atom stereocenters. The fraction of sp³-hybridized carbons (Fsp3) is 0. The van der Waals surface area contributed by atoms with Crippen molar-refractivity contribution in [3.05, 3.63) is 0 Å². The third-order valence-corrected chi connectivity index (χ3v) is 0. The van der Waals surface area contributed by atoms with E-state index in [9.17, 15) is 0 Å². The molecule has 4 heavy (non-hydrogen) atoms. The minimum Gasteiger partial charge on any atom is 0 e. The van der Waals surface area contributed by atoms with Gasteiger partial charge in [0.25, 0.3) is 0 Å². The summed E-state index contributed by atoms with van der Waals surface area (Å²) in [6.07, 6.45) is 0. The van der Waals surface area contributed by atoms with Crippen molar-refractivity contribution in [2.75, 3.05) is 0 Å². The molecule has 0 saturated heterocycles. The first-order valence-electron chi connectivity index (χ1n) is 0. The Kier molecular flexibility index (Phi) is 138. The van der Waals surface area contributed by atoms with Crippen LogP contribution in [0, 0.1) is 35.6 Å². The van der Waals surface area contributed by atoms with Gasteiger partial charge in [-0.1, -0.05) is 0 Å². The van der Waals surface area contributed by atoms with Crippen molar-refractivity contribution in [1.82, 2.24) is 0 Å². The van der Waals surface area contributed by atoms with E-state index in [1.54, 1.807) is 0 Å². The van der Waals surface area contributed by atoms with E-state index in [4.69, 9.17) is 0 Å². The molecule has 5 radical (unpaired) electrons. The molecule has 4 heteroatoms. The van der Waals surface area contributed by atoms with Crippen LogP contribution >= 0.6 is 0 Å². The Hall–Kier alpha value is 2.53. The topological polar surface area (TPSA) is 0 Å². The van der Waals surface area contributed by atoms with Crippen LogP contribution in [-0.2, 0) is 22.4 Å². The van der Waals surface area contributed by atoms with E-state index >= 15 is 0 Å². The van der Waals surface area contributed by atoms with Gasteiger partial charge in [0, 0.05) is 66.4 Å². The van der Waals surface area contributed by atoms with Gasteiger partial charge < -0.3 is 0 Å². The van der Waals surface area contributed by atoms with Gasteiger partial charge in [0.1, 0.15) is 0 Å². The van der Waals surface area contributed by atoms with Gasteiger partial charge in [-0.15, -0.1) is 0 Å². The van der Waals surface area contributed by atoms with Crippen LogP contribution in [0.15, 0.2) is 0 Å². The van der Waals surface area contributed by atoms with Gasteiger partial charge in [-0.25, -0.2) is 0 Å². The van der Waals surface area contributed by atoms with Crippen LogP contribution in [0.25, 0.3) is 0 Å². The average molecular weight is 273 g/mol. The van der Waals surface area contributed by atoms with E-state index < -0.39 is 0 Å². The molecule has 0 nitrogen and oxygen atoms in total. The Morgan fingerprint density at radius 3 is 1.00 bits per heavy atom. The van der Waals surface area contributed by atoms with Crippen molar-refractivity contribution >= 4 is 25.8 Å². The number of rotatable bonds is 0. The van der Waals surface area contributed by atoms with Crippen LogP contribution in [0.1, 0.15) is 0 Å².